The van der Waals surface area contributed by atoms with Crippen molar-refractivity contribution >= 4 is 21.8 Å². The summed E-state index contributed by atoms with van der Waals surface area (Å²) < 4.78 is 0. The van der Waals surface area contributed by atoms with Gasteiger partial charge in [0.25, 0.3) is 0 Å². The highest BCUT2D eigenvalue weighted by Gasteiger charge is 2.44. The van der Waals surface area contributed by atoms with Gasteiger partial charge < -0.3 is 4.98 Å². The van der Waals surface area contributed by atoms with E-state index in [1.807, 2.05) is 12.3 Å². The van der Waals surface area contributed by atoms with E-state index in [2.05, 4.69) is 34.2 Å². The molecule has 1 N–H and O–H groups in total. The van der Waals surface area contributed by atoms with Crippen LogP contribution in [0.25, 0.3) is 21.8 Å². The Hall–Kier alpha value is -2.34. The van der Waals surface area contributed by atoms with Crippen LogP contribution in [0.5, 0.6) is 0 Å². The molecule has 1 saturated carbocycles. The zero-order chi connectivity index (χ0) is 12.2. The Morgan fingerprint density at radius 2 is 2.00 bits per heavy atom. The number of aromatic amines is 1. The summed E-state index contributed by atoms with van der Waals surface area (Å²) in [6, 6.07) is 10.7. The molecule has 3 heteroatoms. The molecule has 3 nitrogen and oxygen atoms in total. The monoisotopic (exact) mass is 233 g/mol. The van der Waals surface area contributed by atoms with Crippen LogP contribution < -0.4 is 0 Å². The van der Waals surface area contributed by atoms with Gasteiger partial charge in [-0.05, 0) is 36.6 Å². The lowest BCUT2D eigenvalue weighted by Gasteiger charge is -2.05. The van der Waals surface area contributed by atoms with Crippen molar-refractivity contribution in [3.8, 4) is 6.07 Å². The summed E-state index contributed by atoms with van der Waals surface area (Å²) in [7, 11) is 0. The average molecular weight is 233 g/mol. The Morgan fingerprint density at radius 3 is 2.78 bits per heavy atom. The van der Waals surface area contributed by atoms with Gasteiger partial charge in [0.15, 0.2) is 0 Å². The SMILES string of the molecule is N#CC1(c2ccc3[nH]c4ccncc4c3c2)CC1. The lowest BCUT2D eigenvalue weighted by atomic mass is 9.96. The number of hydrogen-bond donors (Lipinski definition) is 1. The molecule has 1 aliphatic rings. The number of nitrogens with zero attached hydrogens (tertiary/aromatic N) is 2. The van der Waals surface area contributed by atoms with Crippen molar-refractivity contribution in [1.29, 1.82) is 5.26 Å². The van der Waals surface area contributed by atoms with Gasteiger partial charge >= 0.3 is 0 Å². The first-order chi connectivity index (χ1) is 8.82. The van der Waals surface area contributed by atoms with E-state index in [0.717, 1.165) is 40.2 Å². The number of rotatable bonds is 1. The van der Waals surface area contributed by atoms with Gasteiger partial charge in [-0.2, -0.15) is 5.26 Å². The third kappa shape index (κ3) is 1.15. The molecule has 2 heterocycles. The minimum atomic E-state index is -0.222. The molecule has 1 fully saturated rings. The highest BCUT2D eigenvalue weighted by molar-refractivity contribution is 6.07. The summed E-state index contributed by atoms with van der Waals surface area (Å²) in [5, 5.41) is 11.6. The number of benzene rings is 1. The Labute approximate surface area is 104 Å². The van der Waals surface area contributed by atoms with Crippen LogP contribution in [0.4, 0.5) is 0 Å². The summed E-state index contributed by atoms with van der Waals surface area (Å²) in [5.74, 6) is 0. The Morgan fingerprint density at radius 1 is 1.17 bits per heavy atom. The lowest BCUT2D eigenvalue weighted by Crippen LogP contribution is -2.01. The molecule has 0 radical (unpaired) electrons. The number of pyridine rings is 1. The third-order valence-electron chi connectivity index (χ3n) is 3.92. The van der Waals surface area contributed by atoms with E-state index in [1.165, 1.54) is 0 Å². The van der Waals surface area contributed by atoms with Crippen LogP contribution in [-0.4, -0.2) is 9.97 Å². The Kier molecular flexibility index (Phi) is 1.67. The summed E-state index contributed by atoms with van der Waals surface area (Å²) in [5.41, 5.74) is 3.12. The van der Waals surface area contributed by atoms with Gasteiger partial charge in [-0.25, -0.2) is 0 Å². The number of nitrogens with one attached hydrogen (secondary N) is 1. The van der Waals surface area contributed by atoms with Crippen molar-refractivity contribution in [2.45, 2.75) is 18.3 Å². The minimum Gasteiger partial charge on any atom is -0.354 e. The van der Waals surface area contributed by atoms with E-state index < -0.39 is 0 Å². The van der Waals surface area contributed by atoms with Crippen molar-refractivity contribution < 1.29 is 0 Å². The standard InChI is InChI=1S/C15H11N3/c16-9-15(4-5-15)10-1-2-13-11(7-10)12-8-17-6-3-14(12)18-13/h1-3,6-8,18H,4-5H2. The minimum absolute atomic E-state index is 0.222. The second kappa shape index (κ2) is 3.11. The molecule has 0 bridgehead atoms. The molecule has 0 unspecified atom stereocenters. The van der Waals surface area contributed by atoms with Gasteiger partial charge in [0, 0.05) is 34.2 Å². The van der Waals surface area contributed by atoms with Gasteiger partial charge in [-0.3, -0.25) is 4.98 Å². The third-order valence-corrected chi connectivity index (χ3v) is 3.92. The maximum absolute atomic E-state index is 9.28. The van der Waals surface area contributed by atoms with Crippen LogP contribution in [0.3, 0.4) is 0 Å². The van der Waals surface area contributed by atoms with Gasteiger partial charge in [-0.15, -0.1) is 0 Å². The molecule has 18 heavy (non-hydrogen) atoms. The van der Waals surface area contributed by atoms with Crippen molar-refractivity contribution in [3.63, 3.8) is 0 Å². The van der Waals surface area contributed by atoms with E-state index in [0.29, 0.717) is 0 Å². The van der Waals surface area contributed by atoms with E-state index in [-0.39, 0.29) is 5.41 Å². The van der Waals surface area contributed by atoms with E-state index in [1.54, 1.807) is 6.20 Å². The molecule has 0 saturated heterocycles. The molecule has 0 aliphatic heterocycles. The molecule has 2 aromatic heterocycles. The van der Waals surface area contributed by atoms with Crippen molar-refractivity contribution in [2.75, 3.05) is 0 Å². The van der Waals surface area contributed by atoms with Crippen molar-refractivity contribution in [2.24, 2.45) is 0 Å². The molecule has 0 amide bonds. The van der Waals surface area contributed by atoms with Crippen LogP contribution >= 0.6 is 0 Å². The molecule has 1 aromatic carbocycles. The zero-order valence-corrected chi connectivity index (χ0v) is 9.77. The topological polar surface area (TPSA) is 52.5 Å². The number of hydrogen-bond acceptors (Lipinski definition) is 2. The fraction of sp³-hybridized carbons (Fsp3) is 0.200. The normalized spacial score (nSPS) is 16.8. The molecule has 4 rings (SSSR count). The fourth-order valence-corrected chi connectivity index (χ4v) is 2.63. The second-order valence-electron chi connectivity index (χ2n) is 5.00. The molecular weight excluding hydrogens is 222 g/mol. The highest BCUT2D eigenvalue weighted by Crippen LogP contribution is 2.48. The summed E-state index contributed by atoms with van der Waals surface area (Å²) >= 11 is 0. The predicted octanol–water partition coefficient (Wildman–Crippen LogP) is 3.27. The Balaban J connectivity index is 2.05. The number of fused-ring (bicyclic) bond motifs is 3. The zero-order valence-electron chi connectivity index (χ0n) is 9.77. The van der Waals surface area contributed by atoms with Crippen LogP contribution in [0, 0.1) is 11.3 Å². The summed E-state index contributed by atoms with van der Waals surface area (Å²) in [4.78, 5) is 7.55. The molecular formula is C15H11N3. The van der Waals surface area contributed by atoms with Crippen molar-refractivity contribution in [3.05, 3.63) is 42.2 Å². The fourth-order valence-electron chi connectivity index (χ4n) is 2.63. The average Bonchev–Trinajstić information content (AvgIpc) is 3.14. The number of nitriles is 1. The van der Waals surface area contributed by atoms with E-state index >= 15 is 0 Å². The maximum atomic E-state index is 9.28. The van der Waals surface area contributed by atoms with Crippen molar-refractivity contribution in [1.82, 2.24) is 9.97 Å². The van der Waals surface area contributed by atoms with Crippen LogP contribution in [-0.2, 0) is 5.41 Å². The molecule has 86 valence electrons. The van der Waals surface area contributed by atoms with Crippen LogP contribution in [0.15, 0.2) is 36.7 Å². The van der Waals surface area contributed by atoms with Crippen LogP contribution in [0.1, 0.15) is 18.4 Å². The van der Waals surface area contributed by atoms with Gasteiger partial charge in [-0.1, -0.05) is 6.07 Å². The maximum Gasteiger partial charge on any atom is 0.0824 e. The van der Waals surface area contributed by atoms with Crippen LogP contribution in [0.2, 0.25) is 0 Å². The second-order valence-corrected chi connectivity index (χ2v) is 5.00. The Bertz CT molecular complexity index is 803. The van der Waals surface area contributed by atoms with Gasteiger partial charge in [0.2, 0.25) is 0 Å². The predicted molar refractivity (Wildman–Crippen MR) is 70.1 cm³/mol. The van der Waals surface area contributed by atoms with Gasteiger partial charge in [0.1, 0.15) is 0 Å². The first-order valence-corrected chi connectivity index (χ1v) is 6.10. The summed E-state index contributed by atoms with van der Waals surface area (Å²) in [6.07, 6.45) is 5.63. The lowest BCUT2D eigenvalue weighted by molar-refractivity contribution is 0.911. The highest BCUT2D eigenvalue weighted by atomic mass is 14.7. The quantitative estimate of drug-likeness (QED) is 0.701. The van der Waals surface area contributed by atoms with E-state index in [4.69, 9.17) is 0 Å². The molecule has 0 spiro atoms. The number of aromatic nitrogens is 2. The largest absolute Gasteiger partial charge is 0.354 e. The molecule has 3 aromatic rings. The first-order valence-electron chi connectivity index (χ1n) is 6.10. The number of H-pyrrole nitrogens is 1. The summed E-state index contributed by atoms with van der Waals surface area (Å²) in [6.45, 7) is 0. The van der Waals surface area contributed by atoms with Gasteiger partial charge in [0.05, 0.1) is 11.5 Å². The molecule has 1 aliphatic carbocycles. The first kappa shape index (κ1) is 9.67. The van der Waals surface area contributed by atoms with E-state index in [9.17, 15) is 5.26 Å². The smallest absolute Gasteiger partial charge is 0.0824 e. The molecule has 0 atom stereocenters.